The molecule has 9 nitrogen and oxygen atoms in total. The van der Waals surface area contributed by atoms with Gasteiger partial charge in [-0.05, 0) is 44.8 Å². The van der Waals surface area contributed by atoms with Crippen molar-refractivity contribution in [2.45, 2.75) is 6.92 Å². The number of carbonyl (C=O) groups excluding carboxylic acids is 2. The Morgan fingerprint density at radius 1 is 1.24 bits per heavy atom. The number of hydrogen-bond donors (Lipinski definition) is 1. The number of aryl methyl sites for hydroxylation is 1. The molecule has 1 heterocycles. The second-order valence-electron chi connectivity index (χ2n) is 6.59. The van der Waals surface area contributed by atoms with Gasteiger partial charge in [-0.1, -0.05) is 0 Å². The average Bonchev–Trinajstić information content (AvgIpc) is 3.07. The fraction of sp³-hybridized carbons (Fsp3) is 0.316. The minimum Gasteiger partial charge on any atom is -0.329 e. The number of nitrogens with one attached hydrogen (secondary N) is 1. The third-order valence-corrected chi connectivity index (χ3v) is 4.73. The Hall–Kier alpha value is -3.11. The van der Waals surface area contributed by atoms with Crippen LogP contribution in [0.1, 0.15) is 11.3 Å². The van der Waals surface area contributed by atoms with Crippen LogP contribution in [0, 0.1) is 17.0 Å². The zero-order valence-corrected chi connectivity index (χ0v) is 17.3. The molecule has 0 aliphatic heterocycles. The molecule has 10 heteroatoms. The highest BCUT2D eigenvalue weighted by atomic mass is 32.1. The van der Waals surface area contributed by atoms with Gasteiger partial charge < -0.3 is 15.1 Å². The molecule has 0 unspecified atom stereocenters. The van der Waals surface area contributed by atoms with E-state index in [-0.39, 0.29) is 24.0 Å². The largest absolute Gasteiger partial charge is 0.329 e. The van der Waals surface area contributed by atoms with Gasteiger partial charge in [0.1, 0.15) is 6.54 Å². The van der Waals surface area contributed by atoms with Gasteiger partial charge in [-0.2, -0.15) is 0 Å². The van der Waals surface area contributed by atoms with Crippen LogP contribution < -0.4 is 5.32 Å². The summed E-state index contributed by atoms with van der Waals surface area (Å²) >= 11 is 1.33. The molecular formula is C19H23N5O4S. The van der Waals surface area contributed by atoms with Crippen molar-refractivity contribution in [1.82, 2.24) is 14.8 Å². The number of rotatable bonds is 9. The van der Waals surface area contributed by atoms with Gasteiger partial charge >= 0.3 is 0 Å². The van der Waals surface area contributed by atoms with Crippen molar-refractivity contribution >= 4 is 40.0 Å². The number of hydrogen-bond acceptors (Lipinski definition) is 7. The van der Waals surface area contributed by atoms with Gasteiger partial charge in [-0.15, -0.1) is 11.3 Å². The van der Waals surface area contributed by atoms with Crippen LogP contribution in [0.15, 0.2) is 35.7 Å². The Kier molecular flexibility index (Phi) is 7.98. The Morgan fingerprint density at radius 3 is 2.48 bits per heavy atom. The van der Waals surface area contributed by atoms with E-state index in [2.05, 4.69) is 10.3 Å². The summed E-state index contributed by atoms with van der Waals surface area (Å²) < 4.78 is 0. The molecule has 0 fully saturated rings. The Balaban J connectivity index is 2.03. The number of amides is 2. The first-order valence-electron chi connectivity index (χ1n) is 8.83. The molecule has 1 aromatic carbocycles. The van der Waals surface area contributed by atoms with E-state index in [0.717, 1.165) is 5.69 Å². The fourth-order valence-corrected chi connectivity index (χ4v) is 3.02. The highest BCUT2D eigenvalue weighted by Gasteiger charge is 2.16. The van der Waals surface area contributed by atoms with Crippen molar-refractivity contribution in [2.24, 2.45) is 0 Å². The number of likely N-dealkylation sites (N-methyl/N-ethyl adjacent to an activating group) is 1. The van der Waals surface area contributed by atoms with Gasteiger partial charge in [0.05, 0.1) is 10.6 Å². The quantitative estimate of drug-likeness (QED) is 0.381. The smallest absolute Gasteiger partial charge is 0.269 e. The zero-order valence-electron chi connectivity index (χ0n) is 16.5. The monoisotopic (exact) mass is 417 g/mol. The molecule has 1 N–H and O–H groups in total. The maximum atomic E-state index is 12.6. The summed E-state index contributed by atoms with van der Waals surface area (Å²) in [5.74, 6) is -0.647. The number of carbonyl (C=O) groups is 2. The standard InChI is InChI=1S/C19H23N5O4S/c1-14-13-29-19(20-14)21-17(25)12-23(11-10-22(2)3)18(26)9-6-15-4-7-16(8-5-15)24(27)28/h4-9,13H,10-12H2,1-3H3,(H,20,21,25)/b9-6+. The van der Waals surface area contributed by atoms with Crippen LogP contribution in [-0.2, 0) is 9.59 Å². The molecule has 0 saturated heterocycles. The number of benzene rings is 1. The number of non-ortho nitro benzene ring substituents is 1. The van der Waals surface area contributed by atoms with E-state index >= 15 is 0 Å². The molecule has 2 aromatic rings. The molecule has 29 heavy (non-hydrogen) atoms. The highest BCUT2D eigenvalue weighted by Crippen LogP contribution is 2.15. The summed E-state index contributed by atoms with van der Waals surface area (Å²) in [5, 5.41) is 15.7. The first-order chi connectivity index (χ1) is 13.7. The summed E-state index contributed by atoms with van der Waals surface area (Å²) in [5.41, 5.74) is 1.45. The van der Waals surface area contributed by atoms with Crippen LogP contribution in [0.25, 0.3) is 6.08 Å². The van der Waals surface area contributed by atoms with E-state index in [0.29, 0.717) is 23.8 Å². The number of aromatic nitrogens is 1. The van der Waals surface area contributed by atoms with E-state index in [1.807, 2.05) is 31.3 Å². The van der Waals surface area contributed by atoms with Crippen molar-refractivity contribution in [1.29, 1.82) is 0 Å². The molecule has 0 aliphatic rings. The topological polar surface area (TPSA) is 109 Å². The summed E-state index contributed by atoms with van der Waals surface area (Å²) in [6.45, 7) is 2.71. The zero-order chi connectivity index (χ0) is 21.4. The van der Waals surface area contributed by atoms with Crippen molar-refractivity contribution in [3.8, 4) is 0 Å². The van der Waals surface area contributed by atoms with E-state index in [9.17, 15) is 19.7 Å². The van der Waals surface area contributed by atoms with Gasteiger partial charge in [0.15, 0.2) is 5.13 Å². The van der Waals surface area contributed by atoms with Gasteiger partial charge in [-0.25, -0.2) is 4.98 Å². The number of anilines is 1. The molecule has 154 valence electrons. The van der Waals surface area contributed by atoms with Gasteiger partial charge in [-0.3, -0.25) is 19.7 Å². The predicted octanol–water partition coefficient (Wildman–Crippen LogP) is 2.40. The van der Waals surface area contributed by atoms with Crippen LogP contribution in [0.3, 0.4) is 0 Å². The van der Waals surface area contributed by atoms with Crippen molar-refractivity contribution < 1.29 is 14.5 Å². The van der Waals surface area contributed by atoms with E-state index in [1.165, 1.54) is 34.4 Å². The lowest BCUT2D eigenvalue weighted by atomic mass is 10.2. The summed E-state index contributed by atoms with van der Waals surface area (Å²) in [4.78, 5) is 42.7. The van der Waals surface area contributed by atoms with Crippen LogP contribution in [0.4, 0.5) is 10.8 Å². The fourth-order valence-electron chi connectivity index (χ4n) is 2.31. The summed E-state index contributed by atoms with van der Waals surface area (Å²) in [7, 11) is 3.77. The average molecular weight is 417 g/mol. The predicted molar refractivity (Wildman–Crippen MR) is 113 cm³/mol. The number of thiazole rings is 1. The summed E-state index contributed by atoms with van der Waals surface area (Å²) in [6.07, 6.45) is 2.93. The number of nitrogens with zero attached hydrogens (tertiary/aromatic N) is 4. The van der Waals surface area contributed by atoms with Gasteiger partial charge in [0.25, 0.3) is 5.69 Å². The SMILES string of the molecule is Cc1csc(NC(=O)CN(CCN(C)C)C(=O)/C=C/c2ccc([N+](=O)[O-])cc2)n1. The summed E-state index contributed by atoms with van der Waals surface area (Å²) in [6, 6.07) is 5.86. The van der Waals surface area contributed by atoms with E-state index < -0.39 is 4.92 Å². The molecular weight excluding hydrogens is 394 g/mol. The maximum absolute atomic E-state index is 12.6. The molecule has 0 bridgehead atoms. The maximum Gasteiger partial charge on any atom is 0.269 e. The highest BCUT2D eigenvalue weighted by molar-refractivity contribution is 7.13. The lowest BCUT2D eigenvalue weighted by Gasteiger charge is -2.22. The van der Waals surface area contributed by atoms with E-state index in [1.54, 1.807) is 18.2 Å². The van der Waals surface area contributed by atoms with Crippen molar-refractivity contribution in [3.63, 3.8) is 0 Å². The molecule has 0 spiro atoms. The minimum atomic E-state index is -0.482. The second-order valence-corrected chi connectivity index (χ2v) is 7.45. The lowest BCUT2D eigenvalue weighted by molar-refractivity contribution is -0.384. The third-order valence-electron chi connectivity index (χ3n) is 3.85. The Morgan fingerprint density at radius 2 is 1.93 bits per heavy atom. The van der Waals surface area contributed by atoms with E-state index in [4.69, 9.17) is 0 Å². The number of nitro benzene ring substituents is 1. The molecule has 2 amide bonds. The molecule has 0 radical (unpaired) electrons. The molecule has 0 saturated carbocycles. The molecule has 0 atom stereocenters. The van der Waals surface area contributed by atoms with Crippen molar-refractivity contribution in [2.75, 3.05) is 39.0 Å². The number of nitro groups is 1. The molecule has 0 aliphatic carbocycles. The third kappa shape index (κ3) is 7.43. The molecule has 2 rings (SSSR count). The minimum absolute atomic E-state index is 0.0184. The van der Waals surface area contributed by atoms with Crippen molar-refractivity contribution in [3.05, 3.63) is 57.1 Å². The first-order valence-corrected chi connectivity index (χ1v) is 9.70. The van der Waals surface area contributed by atoms with Crippen LogP contribution >= 0.6 is 11.3 Å². The van der Waals surface area contributed by atoms with Crippen LogP contribution in [0.2, 0.25) is 0 Å². The molecule has 1 aromatic heterocycles. The normalized spacial score (nSPS) is 11.0. The first kappa shape index (κ1) is 22.2. The second kappa shape index (κ2) is 10.4. The Bertz CT molecular complexity index is 892. The lowest BCUT2D eigenvalue weighted by Crippen LogP contribution is -2.40. The van der Waals surface area contributed by atoms with Gasteiger partial charge in [0.2, 0.25) is 11.8 Å². The van der Waals surface area contributed by atoms with Crippen LogP contribution in [0.5, 0.6) is 0 Å². The van der Waals surface area contributed by atoms with Crippen LogP contribution in [-0.4, -0.2) is 65.3 Å². The Labute approximate surface area is 172 Å². The van der Waals surface area contributed by atoms with Gasteiger partial charge in [0, 0.05) is 36.7 Å².